The van der Waals surface area contributed by atoms with Crippen molar-refractivity contribution in [3.8, 4) is 0 Å². The van der Waals surface area contributed by atoms with Gasteiger partial charge in [0.2, 0.25) is 11.8 Å². The SMILES string of the molecule is O=C1CCC(N2C(=O)c3cccc(NCCCCCCNC(c4ccccc4)c4cc(C(=O)NO)cc5[nH]ccc45)c3C2=O)C(=O)N1. The number of rotatable bonds is 13. The lowest BCUT2D eigenvalue weighted by molar-refractivity contribution is -0.136. The largest absolute Gasteiger partial charge is 0.384 e. The topological polar surface area (TPSA) is 173 Å². The van der Waals surface area contributed by atoms with Crippen LogP contribution in [0, 0.1) is 0 Å². The first-order valence-electron chi connectivity index (χ1n) is 15.8. The molecule has 4 aromatic rings. The van der Waals surface area contributed by atoms with Gasteiger partial charge in [0.1, 0.15) is 6.04 Å². The molecule has 6 N–H and O–H groups in total. The van der Waals surface area contributed by atoms with E-state index in [0.717, 1.165) is 59.2 Å². The van der Waals surface area contributed by atoms with Crippen molar-refractivity contribution < 1.29 is 29.2 Å². The molecule has 2 unspecified atom stereocenters. The highest BCUT2D eigenvalue weighted by Crippen LogP contribution is 2.33. The first-order chi connectivity index (χ1) is 22.9. The second-order valence-corrected chi connectivity index (χ2v) is 11.8. The number of aromatic nitrogens is 1. The van der Waals surface area contributed by atoms with Gasteiger partial charge >= 0.3 is 0 Å². The van der Waals surface area contributed by atoms with Gasteiger partial charge in [-0.1, -0.05) is 49.2 Å². The second kappa shape index (κ2) is 14.0. The molecule has 1 aromatic heterocycles. The molecule has 242 valence electrons. The van der Waals surface area contributed by atoms with Crippen molar-refractivity contribution in [1.82, 2.24) is 26.0 Å². The fourth-order valence-corrected chi connectivity index (χ4v) is 6.42. The minimum atomic E-state index is -0.999. The summed E-state index contributed by atoms with van der Waals surface area (Å²) in [5, 5.41) is 19.4. The number of fused-ring (bicyclic) bond motifs is 2. The van der Waals surface area contributed by atoms with Crippen LogP contribution in [0.4, 0.5) is 5.69 Å². The predicted molar refractivity (Wildman–Crippen MR) is 174 cm³/mol. The third-order valence-electron chi connectivity index (χ3n) is 8.74. The molecule has 3 heterocycles. The molecule has 3 aromatic carbocycles. The smallest absolute Gasteiger partial charge is 0.274 e. The van der Waals surface area contributed by atoms with E-state index in [1.54, 1.807) is 35.8 Å². The number of aromatic amines is 1. The number of hydrogen-bond donors (Lipinski definition) is 6. The van der Waals surface area contributed by atoms with Crippen LogP contribution in [0.5, 0.6) is 0 Å². The van der Waals surface area contributed by atoms with Gasteiger partial charge < -0.3 is 15.6 Å². The van der Waals surface area contributed by atoms with Gasteiger partial charge in [-0.05, 0) is 67.3 Å². The molecular formula is C35H36N6O6. The van der Waals surface area contributed by atoms with Crippen molar-refractivity contribution in [3.63, 3.8) is 0 Å². The highest BCUT2D eigenvalue weighted by molar-refractivity contribution is 6.25. The summed E-state index contributed by atoms with van der Waals surface area (Å²) in [7, 11) is 0. The quantitative estimate of drug-likeness (QED) is 0.0552. The Morgan fingerprint density at radius 2 is 1.70 bits per heavy atom. The molecular weight excluding hydrogens is 600 g/mol. The number of nitrogens with one attached hydrogen (secondary N) is 5. The summed E-state index contributed by atoms with van der Waals surface area (Å²) in [6, 6.07) is 19.4. The van der Waals surface area contributed by atoms with Gasteiger partial charge in [-0.25, -0.2) is 5.48 Å². The minimum absolute atomic E-state index is 0.0741. The van der Waals surface area contributed by atoms with Crippen LogP contribution in [0.2, 0.25) is 0 Å². The average molecular weight is 637 g/mol. The summed E-state index contributed by atoms with van der Waals surface area (Å²) in [5.41, 5.74) is 5.93. The minimum Gasteiger partial charge on any atom is -0.384 e. The summed E-state index contributed by atoms with van der Waals surface area (Å²) in [6.07, 6.45) is 5.66. The van der Waals surface area contributed by atoms with Crippen molar-refractivity contribution >= 4 is 46.1 Å². The monoisotopic (exact) mass is 636 g/mol. The Balaban J connectivity index is 1.03. The van der Waals surface area contributed by atoms with Crippen molar-refractivity contribution in [3.05, 3.63) is 101 Å². The van der Waals surface area contributed by atoms with Gasteiger partial charge in [-0.15, -0.1) is 0 Å². The summed E-state index contributed by atoms with van der Waals surface area (Å²) >= 11 is 0. The maximum absolute atomic E-state index is 13.3. The van der Waals surface area contributed by atoms with E-state index in [-0.39, 0.29) is 30.0 Å². The number of piperidine rings is 1. The van der Waals surface area contributed by atoms with Gasteiger partial charge in [0, 0.05) is 41.3 Å². The summed E-state index contributed by atoms with van der Waals surface area (Å²) in [5.74, 6) is -2.66. The number of carbonyl (C=O) groups excluding carboxylic acids is 5. The van der Waals surface area contributed by atoms with Crippen LogP contribution in [0.25, 0.3) is 10.9 Å². The number of benzene rings is 3. The summed E-state index contributed by atoms with van der Waals surface area (Å²) < 4.78 is 0. The van der Waals surface area contributed by atoms with E-state index in [1.165, 1.54) is 0 Å². The molecule has 0 spiro atoms. The zero-order chi connectivity index (χ0) is 32.9. The molecule has 0 bridgehead atoms. The third-order valence-corrected chi connectivity index (χ3v) is 8.74. The maximum Gasteiger partial charge on any atom is 0.274 e. The van der Waals surface area contributed by atoms with Crippen LogP contribution in [0.3, 0.4) is 0 Å². The lowest BCUT2D eigenvalue weighted by atomic mass is 9.93. The highest BCUT2D eigenvalue weighted by Gasteiger charge is 2.45. The molecule has 0 radical (unpaired) electrons. The standard InChI is InChI=1S/C35H36N6O6/c42-29-14-13-28(33(44)39-29)41-34(45)24-11-8-12-26(30(24)35(41)46)36-16-6-1-2-7-17-38-31(21-9-4-3-5-10-21)25-19-22(32(43)40-47)20-27-23(25)15-18-37-27/h3-5,8-12,15,18-20,28,31,36-38,47H,1-2,6-7,13-14,16-17H2,(H,40,43)(H,39,42,44). The van der Waals surface area contributed by atoms with Gasteiger partial charge in [0.25, 0.3) is 17.7 Å². The lowest BCUT2D eigenvalue weighted by Gasteiger charge is -2.27. The Morgan fingerprint density at radius 3 is 2.47 bits per heavy atom. The normalized spacial score (nSPS) is 16.7. The number of H-pyrrole nitrogens is 1. The van der Waals surface area contributed by atoms with Crippen LogP contribution >= 0.6 is 0 Å². The molecule has 1 fully saturated rings. The predicted octanol–water partition coefficient (Wildman–Crippen LogP) is 4.04. The van der Waals surface area contributed by atoms with Crippen molar-refractivity contribution in [1.29, 1.82) is 0 Å². The summed E-state index contributed by atoms with van der Waals surface area (Å²) in [4.78, 5) is 66.8. The van der Waals surface area contributed by atoms with Crippen LogP contribution in [-0.4, -0.2) is 63.8 Å². The van der Waals surface area contributed by atoms with Gasteiger partial charge in [0.05, 0.1) is 17.2 Å². The number of unbranched alkanes of at least 4 members (excludes halogenated alkanes) is 3. The van der Waals surface area contributed by atoms with E-state index in [0.29, 0.717) is 17.8 Å². The number of carbonyl (C=O) groups is 5. The third kappa shape index (κ3) is 6.51. The Bertz CT molecular complexity index is 1840. The zero-order valence-electron chi connectivity index (χ0n) is 25.7. The molecule has 1 saturated heterocycles. The number of nitrogens with zero attached hydrogens (tertiary/aromatic N) is 1. The van der Waals surface area contributed by atoms with E-state index in [4.69, 9.17) is 0 Å². The Hall–Kier alpha value is -5.33. The Kier molecular flexibility index (Phi) is 9.41. The van der Waals surface area contributed by atoms with Gasteiger partial charge in [-0.2, -0.15) is 0 Å². The lowest BCUT2D eigenvalue weighted by Crippen LogP contribution is -2.54. The van der Waals surface area contributed by atoms with Crippen molar-refractivity contribution in [2.45, 2.75) is 50.6 Å². The fraction of sp³-hybridized carbons (Fsp3) is 0.286. The van der Waals surface area contributed by atoms with Crippen LogP contribution in [0.1, 0.15) is 86.8 Å². The number of hydrogen-bond acceptors (Lipinski definition) is 8. The molecule has 2 aliphatic heterocycles. The number of imide groups is 2. The molecule has 5 amide bonds. The van der Waals surface area contributed by atoms with Crippen molar-refractivity contribution in [2.24, 2.45) is 0 Å². The van der Waals surface area contributed by atoms with Crippen LogP contribution < -0.4 is 21.4 Å². The van der Waals surface area contributed by atoms with E-state index in [2.05, 4.69) is 20.9 Å². The maximum atomic E-state index is 13.3. The van der Waals surface area contributed by atoms with E-state index in [1.807, 2.05) is 42.6 Å². The fourth-order valence-electron chi connectivity index (χ4n) is 6.42. The zero-order valence-corrected chi connectivity index (χ0v) is 25.7. The molecule has 0 aliphatic carbocycles. The van der Waals surface area contributed by atoms with Crippen molar-refractivity contribution in [2.75, 3.05) is 18.4 Å². The van der Waals surface area contributed by atoms with Crippen LogP contribution in [0.15, 0.2) is 72.9 Å². The number of anilines is 1. The number of hydroxylamine groups is 1. The molecule has 12 heteroatoms. The second-order valence-electron chi connectivity index (χ2n) is 11.8. The Morgan fingerprint density at radius 1 is 0.915 bits per heavy atom. The first-order valence-corrected chi connectivity index (χ1v) is 15.8. The highest BCUT2D eigenvalue weighted by atomic mass is 16.5. The van der Waals surface area contributed by atoms with E-state index < -0.39 is 35.6 Å². The first kappa shape index (κ1) is 31.6. The summed E-state index contributed by atoms with van der Waals surface area (Å²) in [6.45, 7) is 1.33. The average Bonchev–Trinajstić information content (AvgIpc) is 3.66. The van der Waals surface area contributed by atoms with Gasteiger partial charge in [-0.3, -0.25) is 39.4 Å². The molecule has 2 aliphatic rings. The molecule has 6 rings (SSSR count). The van der Waals surface area contributed by atoms with E-state index >= 15 is 0 Å². The molecule has 12 nitrogen and oxygen atoms in total. The van der Waals surface area contributed by atoms with E-state index in [9.17, 15) is 29.2 Å². The molecule has 2 atom stereocenters. The number of amides is 5. The molecule has 0 saturated carbocycles. The Labute approximate surface area is 270 Å². The molecule has 47 heavy (non-hydrogen) atoms. The van der Waals surface area contributed by atoms with Crippen LogP contribution in [-0.2, 0) is 9.59 Å². The van der Waals surface area contributed by atoms with Gasteiger partial charge in [0.15, 0.2) is 0 Å².